The van der Waals surface area contributed by atoms with Crippen molar-refractivity contribution < 1.29 is 13.2 Å². The predicted octanol–water partition coefficient (Wildman–Crippen LogP) is 3.43. The molecule has 2 unspecified atom stereocenters. The van der Waals surface area contributed by atoms with Crippen molar-refractivity contribution in [3.8, 4) is 0 Å². The number of alkyl halides is 3. The van der Waals surface area contributed by atoms with Crippen LogP contribution in [0.15, 0.2) is 0 Å². The van der Waals surface area contributed by atoms with Crippen LogP contribution in [0.2, 0.25) is 0 Å². The second-order valence-electron chi connectivity index (χ2n) is 7.15. The highest BCUT2D eigenvalue weighted by atomic mass is 19.4. The van der Waals surface area contributed by atoms with Crippen LogP contribution in [0.25, 0.3) is 0 Å². The molecule has 2 fully saturated rings. The lowest BCUT2D eigenvalue weighted by Gasteiger charge is -2.49. The first kappa shape index (κ1) is 16.1. The van der Waals surface area contributed by atoms with Crippen LogP contribution in [0.3, 0.4) is 0 Å². The molecule has 1 aliphatic heterocycles. The molecule has 0 aromatic rings. The zero-order chi connectivity index (χ0) is 15.0. The third kappa shape index (κ3) is 4.10. The van der Waals surface area contributed by atoms with Crippen LogP contribution < -0.4 is 5.32 Å². The Labute approximate surface area is 120 Å². The Hall–Kier alpha value is -0.290. The van der Waals surface area contributed by atoms with Crippen molar-refractivity contribution in [3.05, 3.63) is 0 Å². The van der Waals surface area contributed by atoms with Crippen LogP contribution in [0.5, 0.6) is 0 Å². The van der Waals surface area contributed by atoms with Gasteiger partial charge >= 0.3 is 6.18 Å². The molecule has 5 heteroatoms. The highest BCUT2D eigenvalue weighted by Gasteiger charge is 2.48. The van der Waals surface area contributed by atoms with Gasteiger partial charge in [0.05, 0.1) is 6.42 Å². The number of nitrogens with one attached hydrogen (secondary N) is 1. The molecule has 0 aromatic carbocycles. The molecule has 0 aromatic heterocycles. The molecule has 0 bridgehead atoms. The summed E-state index contributed by atoms with van der Waals surface area (Å²) in [4.78, 5) is 2.11. The summed E-state index contributed by atoms with van der Waals surface area (Å²) >= 11 is 0. The molecule has 2 atom stereocenters. The number of hydrogen-bond acceptors (Lipinski definition) is 2. The van der Waals surface area contributed by atoms with Gasteiger partial charge in [0.25, 0.3) is 0 Å². The van der Waals surface area contributed by atoms with E-state index in [2.05, 4.69) is 31.0 Å². The molecule has 118 valence electrons. The smallest absolute Gasteiger partial charge is 0.311 e. The number of piperazine rings is 1. The molecule has 1 saturated heterocycles. The Morgan fingerprint density at radius 3 is 2.45 bits per heavy atom. The summed E-state index contributed by atoms with van der Waals surface area (Å²) in [6, 6.07) is 0.329. The molecule has 0 amide bonds. The predicted molar refractivity (Wildman–Crippen MR) is 74.6 cm³/mol. The highest BCUT2D eigenvalue weighted by molar-refractivity contribution is 5.05. The van der Waals surface area contributed by atoms with Crippen molar-refractivity contribution in [2.75, 3.05) is 19.6 Å². The van der Waals surface area contributed by atoms with Gasteiger partial charge in [-0.3, -0.25) is 4.90 Å². The SMILES string of the molecule is CC(C)CC1CN(CCC(F)(F)F)C(C)(C2CC2)CN1. The van der Waals surface area contributed by atoms with Crippen molar-refractivity contribution in [2.24, 2.45) is 11.8 Å². The lowest BCUT2D eigenvalue weighted by Crippen LogP contribution is -2.64. The van der Waals surface area contributed by atoms with Crippen molar-refractivity contribution in [2.45, 2.75) is 64.2 Å². The summed E-state index contributed by atoms with van der Waals surface area (Å²) in [6.45, 7) is 8.19. The van der Waals surface area contributed by atoms with Gasteiger partial charge in [-0.1, -0.05) is 13.8 Å². The van der Waals surface area contributed by atoms with Crippen LogP contribution in [-0.4, -0.2) is 42.3 Å². The van der Waals surface area contributed by atoms with Crippen LogP contribution in [-0.2, 0) is 0 Å². The highest BCUT2D eigenvalue weighted by Crippen LogP contribution is 2.44. The monoisotopic (exact) mass is 292 g/mol. The molecule has 1 heterocycles. The van der Waals surface area contributed by atoms with Gasteiger partial charge in [-0.15, -0.1) is 0 Å². The van der Waals surface area contributed by atoms with E-state index in [1.807, 2.05) is 0 Å². The Kier molecular flexibility index (Phi) is 4.69. The van der Waals surface area contributed by atoms with Crippen LogP contribution in [0, 0.1) is 11.8 Å². The lowest BCUT2D eigenvalue weighted by atomic mass is 9.87. The van der Waals surface area contributed by atoms with Crippen molar-refractivity contribution in [1.29, 1.82) is 0 Å². The normalized spacial score (nSPS) is 32.9. The zero-order valence-corrected chi connectivity index (χ0v) is 12.8. The number of nitrogens with zero attached hydrogens (tertiary/aromatic N) is 1. The second-order valence-corrected chi connectivity index (χ2v) is 7.15. The van der Waals surface area contributed by atoms with Crippen molar-refractivity contribution in [3.63, 3.8) is 0 Å². The number of hydrogen-bond donors (Lipinski definition) is 1. The van der Waals surface area contributed by atoms with Gasteiger partial charge < -0.3 is 5.32 Å². The van der Waals surface area contributed by atoms with Gasteiger partial charge in [-0.25, -0.2) is 0 Å². The first-order valence-electron chi connectivity index (χ1n) is 7.76. The summed E-state index contributed by atoms with van der Waals surface area (Å²) in [6.07, 6.45) is -1.39. The van der Waals surface area contributed by atoms with Crippen LogP contribution in [0.1, 0.15) is 46.5 Å². The molecule has 1 aliphatic carbocycles. The molecule has 2 nitrogen and oxygen atoms in total. The molecule has 0 radical (unpaired) electrons. The van der Waals surface area contributed by atoms with E-state index in [-0.39, 0.29) is 12.1 Å². The minimum Gasteiger partial charge on any atom is -0.311 e. The first-order valence-corrected chi connectivity index (χ1v) is 7.76. The lowest BCUT2D eigenvalue weighted by molar-refractivity contribution is -0.143. The van der Waals surface area contributed by atoms with Gasteiger partial charge in [-0.2, -0.15) is 13.2 Å². The van der Waals surface area contributed by atoms with Gasteiger partial charge in [0, 0.05) is 31.2 Å². The zero-order valence-electron chi connectivity index (χ0n) is 12.8. The Balaban J connectivity index is 1.99. The van der Waals surface area contributed by atoms with E-state index in [0.29, 0.717) is 17.9 Å². The molecule has 1 N–H and O–H groups in total. The first-order chi connectivity index (χ1) is 9.21. The molecular weight excluding hydrogens is 265 g/mol. The van der Waals surface area contributed by atoms with E-state index in [1.54, 1.807) is 0 Å². The molecule has 1 saturated carbocycles. The quantitative estimate of drug-likeness (QED) is 0.835. The molecule has 20 heavy (non-hydrogen) atoms. The van der Waals surface area contributed by atoms with E-state index in [1.165, 1.54) is 0 Å². The maximum absolute atomic E-state index is 12.5. The summed E-state index contributed by atoms with van der Waals surface area (Å²) in [5.41, 5.74) is -0.0846. The fourth-order valence-electron chi connectivity index (χ4n) is 3.44. The maximum atomic E-state index is 12.5. The summed E-state index contributed by atoms with van der Waals surface area (Å²) in [5.74, 6) is 1.14. The number of rotatable bonds is 5. The summed E-state index contributed by atoms with van der Waals surface area (Å²) in [7, 11) is 0. The summed E-state index contributed by atoms with van der Waals surface area (Å²) < 4.78 is 37.6. The van der Waals surface area contributed by atoms with E-state index in [9.17, 15) is 13.2 Å². The van der Waals surface area contributed by atoms with Crippen molar-refractivity contribution in [1.82, 2.24) is 10.2 Å². The Morgan fingerprint density at radius 1 is 1.30 bits per heavy atom. The topological polar surface area (TPSA) is 15.3 Å². The summed E-state index contributed by atoms with van der Waals surface area (Å²) in [5, 5.41) is 3.57. The largest absolute Gasteiger partial charge is 0.390 e. The van der Waals surface area contributed by atoms with E-state index >= 15 is 0 Å². The molecular formula is C15H27F3N2. The Morgan fingerprint density at radius 2 is 1.95 bits per heavy atom. The van der Waals surface area contributed by atoms with E-state index < -0.39 is 12.6 Å². The average Bonchev–Trinajstić information content (AvgIpc) is 3.12. The molecule has 0 spiro atoms. The number of halogens is 3. The van der Waals surface area contributed by atoms with Crippen LogP contribution >= 0.6 is 0 Å². The molecule has 2 rings (SSSR count). The third-order valence-electron chi connectivity index (χ3n) is 4.79. The minimum absolute atomic E-state index is 0.0846. The van der Waals surface area contributed by atoms with E-state index in [0.717, 1.165) is 32.4 Å². The second kappa shape index (κ2) is 5.84. The van der Waals surface area contributed by atoms with Gasteiger partial charge in [0.15, 0.2) is 0 Å². The fraction of sp³-hybridized carbons (Fsp3) is 1.00. The van der Waals surface area contributed by atoms with Crippen molar-refractivity contribution >= 4 is 0 Å². The fourth-order valence-corrected chi connectivity index (χ4v) is 3.44. The third-order valence-corrected chi connectivity index (χ3v) is 4.79. The van der Waals surface area contributed by atoms with Crippen LogP contribution in [0.4, 0.5) is 13.2 Å². The molecule has 2 aliphatic rings. The standard InChI is InChI=1S/C15H27F3N2/c1-11(2)8-13-9-20(7-6-15(16,17)18)14(3,10-19-13)12-4-5-12/h11-13,19H,4-10H2,1-3H3. The van der Waals surface area contributed by atoms with Gasteiger partial charge in [0.1, 0.15) is 0 Å². The van der Waals surface area contributed by atoms with E-state index in [4.69, 9.17) is 0 Å². The van der Waals surface area contributed by atoms with Gasteiger partial charge in [-0.05, 0) is 38.0 Å². The van der Waals surface area contributed by atoms with Gasteiger partial charge in [0.2, 0.25) is 0 Å². The Bertz CT molecular complexity index is 326. The average molecular weight is 292 g/mol. The maximum Gasteiger partial charge on any atom is 0.390 e. The minimum atomic E-state index is -4.05.